The molecule has 1 aliphatic rings. The van der Waals surface area contributed by atoms with Gasteiger partial charge in [0.05, 0.1) is 11.4 Å². The molecule has 1 N–H and O–H groups in total. The van der Waals surface area contributed by atoms with E-state index in [4.69, 9.17) is 0 Å². The molecule has 0 aromatic carbocycles. The molecule has 4 heteroatoms. The Kier molecular flexibility index (Phi) is 4.18. The van der Waals surface area contributed by atoms with Crippen LogP contribution >= 0.6 is 11.8 Å². The molecule has 1 aromatic heterocycles. The third-order valence-corrected chi connectivity index (χ3v) is 4.40. The summed E-state index contributed by atoms with van der Waals surface area (Å²) >= 11 is 2.09. The molecule has 0 saturated carbocycles. The number of hydrogen-bond acceptors (Lipinski definition) is 4. The van der Waals surface area contributed by atoms with Crippen LogP contribution in [0.4, 0.5) is 0 Å². The maximum absolute atomic E-state index is 4.39. The van der Waals surface area contributed by atoms with Crippen molar-refractivity contribution in [2.24, 2.45) is 0 Å². The molecule has 0 bridgehead atoms. The molecule has 0 aliphatic carbocycles. The summed E-state index contributed by atoms with van der Waals surface area (Å²) in [4.78, 5) is 8.66. The molecule has 2 heterocycles. The predicted octanol–water partition coefficient (Wildman–Crippen LogP) is 2.33. The summed E-state index contributed by atoms with van der Waals surface area (Å²) < 4.78 is 0. The van der Waals surface area contributed by atoms with E-state index in [2.05, 4.69) is 34.0 Å². The predicted molar refractivity (Wildman–Crippen MR) is 68.7 cm³/mol. The van der Waals surface area contributed by atoms with E-state index in [0.29, 0.717) is 6.04 Å². The second kappa shape index (κ2) is 5.64. The van der Waals surface area contributed by atoms with Crippen LogP contribution < -0.4 is 5.32 Å². The Balaban J connectivity index is 1.87. The summed E-state index contributed by atoms with van der Waals surface area (Å²) in [5.41, 5.74) is 2.10. The van der Waals surface area contributed by atoms with Gasteiger partial charge in [0, 0.05) is 30.2 Å². The van der Waals surface area contributed by atoms with Crippen LogP contribution in [0.2, 0.25) is 0 Å². The summed E-state index contributed by atoms with van der Waals surface area (Å²) in [5.74, 6) is 1.32. The lowest BCUT2D eigenvalue weighted by atomic mass is 10.1. The quantitative estimate of drug-likeness (QED) is 0.872. The Morgan fingerprint density at radius 3 is 3.00 bits per heavy atom. The lowest BCUT2D eigenvalue weighted by molar-refractivity contribution is 0.544. The van der Waals surface area contributed by atoms with Gasteiger partial charge >= 0.3 is 0 Å². The van der Waals surface area contributed by atoms with Gasteiger partial charge in [-0.1, -0.05) is 0 Å². The van der Waals surface area contributed by atoms with Gasteiger partial charge in [0.15, 0.2) is 0 Å². The van der Waals surface area contributed by atoms with Crippen LogP contribution in [0, 0.1) is 6.92 Å². The molecule has 1 aromatic rings. The molecule has 1 saturated heterocycles. The highest BCUT2D eigenvalue weighted by Crippen LogP contribution is 2.26. The van der Waals surface area contributed by atoms with E-state index in [9.17, 15) is 0 Å². The van der Waals surface area contributed by atoms with Crippen molar-refractivity contribution >= 4 is 11.8 Å². The van der Waals surface area contributed by atoms with Crippen LogP contribution in [0.25, 0.3) is 0 Å². The summed E-state index contributed by atoms with van der Waals surface area (Å²) in [6.07, 6.45) is 6.24. The first-order valence-corrected chi connectivity index (χ1v) is 6.94. The van der Waals surface area contributed by atoms with E-state index in [1.54, 1.807) is 12.4 Å². The highest BCUT2D eigenvalue weighted by molar-refractivity contribution is 8.00. The van der Waals surface area contributed by atoms with Gasteiger partial charge in [-0.15, -0.1) is 0 Å². The van der Waals surface area contributed by atoms with E-state index >= 15 is 0 Å². The highest BCUT2D eigenvalue weighted by Gasteiger charge is 2.17. The van der Waals surface area contributed by atoms with Gasteiger partial charge in [-0.05, 0) is 32.4 Å². The molecule has 1 fully saturated rings. The van der Waals surface area contributed by atoms with E-state index in [-0.39, 0.29) is 0 Å². The maximum Gasteiger partial charge on any atom is 0.0782 e. The monoisotopic (exact) mass is 237 g/mol. The Morgan fingerprint density at radius 2 is 2.31 bits per heavy atom. The number of thioether (sulfide) groups is 1. The third kappa shape index (κ3) is 2.95. The lowest BCUT2D eigenvalue weighted by Crippen LogP contribution is -2.27. The van der Waals surface area contributed by atoms with E-state index in [0.717, 1.165) is 23.2 Å². The Bertz CT molecular complexity index is 337. The minimum Gasteiger partial charge on any atom is -0.308 e. The first-order valence-electron chi connectivity index (χ1n) is 5.90. The number of hydrogen-bond donors (Lipinski definition) is 1. The topological polar surface area (TPSA) is 37.8 Å². The third-order valence-electron chi connectivity index (χ3n) is 3.01. The summed E-state index contributed by atoms with van der Waals surface area (Å²) in [5, 5.41) is 4.35. The van der Waals surface area contributed by atoms with Crippen LogP contribution in [0.15, 0.2) is 12.4 Å². The second-order valence-electron chi connectivity index (χ2n) is 4.29. The van der Waals surface area contributed by atoms with Gasteiger partial charge in [-0.2, -0.15) is 11.8 Å². The normalized spacial score (nSPS) is 22.2. The minimum atomic E-state index is 0.301. The molecule has 2 rings (SSSR count). The smallest absolute Gasteiger partial charge is 0.0782 e. The van der Waals surface area contributed by atoms with Crippen molar-refractivity contribution in [3.05, 3.63) is 23.8 Å². The molecule has 0 amide bonds. The molecular weight excluding hydrogens is 218 g/mol. The van der Waals surface area contributed by atoms with Crippen LogP contribution in [-0.4, -0.2) is 27.5 Å². The van der Waals surface area contributed by atoms with E-state index < -0.39 is 0 Å². The number of nitrogens with one attached hydrogen (secondary N) is 1. The fourth-order valence-corrected chi connectivity index (χ4v) is 3.27. The lowest BCUT2D eigenvalue weighted by Gasteiger charge is -2.17. The first kappa shape index (κ1) is 11.9. The average molecular weight is 237 g/mol. The molecule has 88 valence electrons. The zero-order valence-corrected chi connectivity index (χ0v) is 10.8. The van der Waals surface area contributed by atoms with Crippen molar-refractivity contribution in [2.75, 3.05) is 12.3 Å². The zero-order chi connectivity index (χ0) is 11.4. The Morgan fingerprint density at radius 1 is 1.50 bits per heavy atom. The molecule has 0 radical (unpaired) electrons. The van der Waals surface area contributed by atoms with Gasteiger partial charge in [0.2, 0.25) is 0 Å². The van der Waals surface area contributed by atoms with E-state index in [1.165, 1.54) is 18.6 Å². The molecule has 0 spiro atoms. The van der Waals surface area contributed by atoms with Gasteiger partial charge in [0.25, 0.3) is 0 Å². The van der Waals surface area contributed by atoms with Gasteiger partial charge in [-0.25, -0.2) is 0 Å². The van der Waals surface area contributed by atoms with Crippen LogP contribution in [0.1, 0.15) is 37.2 Å². The highest BCUT2D eigenvalue weighted by atomic mass is 32.2. The number of rotatable bonds is 4. The average Bonchev–Trinajstić information content (AvgIpc) is 2.79. The van der Waals surface area contributed by atoms with Crippen molar-refractivity contribution in [1.29, 1.82) is 0 Å². The fourth-order valence-electron chi connectivity index (χ4n) is 2.05. The fraction of sp³-hybridized carbons (Fsp3) is 0.667. The van der Waals surface area contributed by atoms with Crippen LogP contribution in [-0.2, 0) is 0 Å². The first-order chi connectivity index (χ1) is 7.77. The summed E-state index contributed by atoms with van der Waals surface area (Å²) in [7, 11) is 0. The second-order valence-corrected chi connectivity index (χ2v) is 5.70. The Hall–Kier alpha value is -0.610. The van der Waals surface area contributed by atoms with Crippen molar-refractivity contribution < 1.29 is 0 Å². The molecule has 2 unspecified atom stereocenters. The molecule has 3 nitrogen and oxygen atoms in total. The molecule has 16 heavy (non-hydrogen) atoms. The summed E-state index contributed by atoms with van der Waals surface area (Å²) in [6, 6.07) is 0.301. The SMILES string of the molecule is Cc1nccnc1C(C)NCC1CCCS1. The summed E-state index contributed by atoms with van der Waals surface area (Å²) in [6.45, 7) is 5.27. The van der Waals surface area contributed by atoms with Gasteiger partial charge in [0.1, 0.15) is 0 Å². The molecule has 1 aliphatic heterocycles. The molecule has 2 atom stereocenters. The van der Waals surface area contributed by atoms with Gasteiger partial charge in [-0.3, -0.25) is 9.97 Å². The largest absolute Gasteiger partial charge is 0.308 e. The standard InChI is InChI=1S/C12H19N3S/c1-9-12(14-6-5-13-9)10(2)15-8-11-4-3-7-16-11/h5-6,10-11,15H,3-4,7-8H2,1-2H3. The maximum atomic E-state index is 4.39. The Labute approximate surface area is 101 Å². The number of aromatic nitrogens is 2. The van der Waals surface area contributed by atoms with Crippen molar-refractivity contribution in [1.82, 2.24) is 15.3 Å². The number of nitrogens with zero attached hydrogens (tertiary/aromatic N) is 2. The van der Waals surface area contributed by atoms with Crippen molar-refractivity contribution in [3.63, 3.8) is 0 Å². The van der Waals surface area contributed by atoms with E-state index in [1.807, 2.05) is 6.92 Å². The van der Waals surface area contributed by atoms with Crippen LogP contribution in [0.5, 0.6) is 0 Å². The van der Waals surface area contributed by atoms with Crippen molar-refractivity contribution in [2.45, 2.75) is 38.0 Å². The molecular formula is C12H19N3S. The number of aryl methyl sites for hydroxylation is 1. The van der Waals surface area contributed by atoms with Gasteiger partial charge < -0.3 is 5.32 Å². The van der Waals surface area contributed by atoms with Crippen molar-refractivity contribution in [3.8, 4) is 0 Å². The zero-order valence-electron chi connectivity index (χ0n) is 9.94. The van der Waals surface area contributed by atoms with Crippen LogP contribution in [0.3, 0.4) is 0 Å². The minimum absolute atomic E-state index is 0.301.